The second-order valence-electron chi connectivity index (χ2n) is 5.50. The zero-order chi connectivity index (χ0) is 14.8. The zero-order valence-corrected chi connectivity index (χ0v) is 14.5. The highest BCUT2D eigenvalue weighted by atomic mass is 79.9. The Bertz CT molecular complexity index is 360. The van der Waals surface area contributed by atoms with E-state index in [0.29, 0.717) is 0 Å². The average Bonchev–Trinajstić information content (AvgIpc) is 2.46. The summed E-state index contributed by atoms with van der Waals surface area (Å²) in [5.41, 5.74) is 7.55. The number of unbranched alkanes of at least 4 members (excludes halogenated alkanes) is 2. The van der Waals surface area contributed by atoms with E-state index in [1.807, 2.05) is 6.07 Å². The van der Waals surface area contributed by atoms with E-state index in [-0.39, 0.29) is 6.04 Å². The SMILES string of the molecule is CCCCN(CCCC)CCC(N)c1cccc(Br)c1. The molecule has 0 heterocycles. The lowest BCUT2D eigenvalue weighted by Crippen LogP contribution is -2.29. The fourth-order valence-corrected chi connectivity index (χ4v) is 2.74. The maximum Gasteiger partial charge on any atom is 0.0307 e. The number of nitrogens with zero attached hydrogens (tertiary/aromatic N) is 1. The number of rotatable bonds is 10. The summed E-state index contributed by atoms with van der Waals surface area (Å²) in [6.07, 6.45) is 6.14. The number of hydrogen-bond acceptors (Lipinski definition) is 2. The third kappa shape index (κ3) is 6.87. The molecular formula is C17H29BrN2. The second kappa shape index (κ2) is 10.4. The van der Waals surface area contributed by atoms with E-state index in [1.165, 1.54) is 44.3 Å². The van der Waals surface area contributed by atoms with Gasteiger partial charge in [-0.25, -0.2) is 0 Å². The van der Waals surface area contributed by atoms with Crippen molar-refractivity contribution in [2.45, 2.75) is 52.0 Å². The highest BCUT2D eigenvalue weighted by molar-refractivity contribution is 9.10. The van der Waals surface area contributed by atoms with Gasteiger partial charge in [-0.2, -0.15) is 0 Å². The summed E-state index contributed by atoms with van der Waals surface area (Å²) >= 11 is 3.51. The van der Waals surface area contributed by atoms with Crippen molar-refractivity contribution >= 4 is 15.9 Å². The highest BCUT2D eigenvalue weighted by Gasteiger charge is 2.10. The van der Waals surface area contributed by atoms with Crippen LogP contribution in [0.5, 0.6) is 0 Å². The second-order valence-corrected chi connectivity index (χ2v) is 6.41. The molecule has 0 saturated heterocycles. The smallest absolute Gasteiger partial charge is 0.0307 e. The van der Waals surface area contributed by atoms with E-state index in [2.05, 4.69) is 52.9 Å². The lowest BCUT2D eigenvalue weighted by Gasteiger charge is -2.24. The van der Waals surface area contributed by atoms with Crippen LogP contribution in [0.25, 0.3) is 0 Å². The van der Waals surface area contributed by atoms with Crippen molar-refractivity contribution in [3.8, 4) is 0 Å². The molecule has 0 fully saturated rings. The van der Waals surface area contributed by atoms with Crippen LogP contribution in [0.3, 0.4) is 0 Å². The molecule has 0 bridgehead atoms. The zero-order valence-electron chi connectivity index (χ0n) is 12.9. The van der Waals surface area contributed by atoms with Crippen LogP contribution >= 0.6 is 15.9 Å². The van der Waals surface area contributed by atoms with Gasteiger partial charge in [0, 0.05) is 10.5 Å². The van der Waals surface area contributed by atoms with Crippen molar-refractivity contribution in [2.24, 2.45) is 5.73 Å². The van der Waals surface area contributed by atoms with Crippen LogP contribution in [0.4, 0.5) is 0 Å². The lowest BCUT2D eigenvalue weighted by molar-refractivity contribution is 0.255. The van der Waals surface area contributed by atoms with Crippen LogP contribution in [-0.4, -0.2) is 24.5 Å². The molecule has 1 aromatic carbocycles. The standard InChI is InChI=1S/C17H29BrN2/c1-3-5-11-20(12-6-4-2)13-10-17(19)15-8-7-9-16(18)14-15/h7-9,14,17H,3-6,10-13,19H2,1-2H3. The number of hydrogen-bond donors (Lipinski definition) is 1. The molecule has 0 aromatic heterocycles. The first-order valence-electron chi connectivity index (χ1n) is 7.90. The van der Waals surface area contributed by atoms with Gasteiger partial charge in [-0.3, -0.25) is 0 Å². The molecule has 1 rings (SSSR count). The summed E-state index contributed by atoms with van der Waals surface area (Å²) in [7, 11) is 0. The third-order valence-corrected chi connectivity index (χ3v) is 4.18. The summed E-state index contributed by atoms with van der Waals surface area (Å²) in [6.45, 7) is 8.04. The van der Waals surface area contributed by atoms with E-state index in [1.54, 1.807) is 0 Å². The highest BCUT2D eigenvalue weighted by Crippen LogP contribution is 2.19. The van der Waals surface area contributed by atoms with Gasteiger partial charge in [0.1, 0.15) is 0 Å². The number of benzene rings is 1. The molecule has 0 radical (unpaired) electrons. The Morgan fingerprint density at radius 2 is 1.75 bits per heavy atom. The Balaban J connectivity index is 2.44. The number of nitrogens with two attached hydrogens (primary N) is 1. The maximum atomic E-state index is 6.32. The molecule has 2 N–H and O–H groups in total. The Morgan fingerprint density at radius 1 is 1.10 bits per heavy atom. The molecule has 0 saturated carbocycles. The van der Waals surface area contributed by atoms with Gasteiger partial charge in [-0.1, -0.05) is 54.8 Å². The van der Waals surface area contributed by atoms with Gasteiger partial charge in [-0.05, 0) is 56.6 Å². The topological polar surface area (TPSA) is 29.3 Å². The predicted octanol–water partition coefficient (Wildman–Crippen LogP) is 4.74. The van der Waals surface area contributed by atoms with Crippen molar-refractivity contribution in [1.82, 2.24) is 4.90 Å². The van der Waals surface area contributed by atoms with Crippen molar-refractivity contribution in [3.05, 3.63) is 34.3 Å². The van der Waals surface area contributed by atoms with Gasteiger partial charge >= 0.3 is 0 Å². The molecule has 1 aromatic rings. The van der Waals surface area contributed by atoms with Gasteiger partial charge in [0.25, 0.3) is 0 Å². The minimum Gasteiger partial charge on any atom is -0.324 e. The molecule has 20 heavy (non-hydrogen) atoms. The summed E-state index contributed by atoms with van der Waals surface area (Å²) < 4.78 is 1.11. The molecular weight excluding hydrogens is 312 g/mol. The fourth-order valence-electron chi connectivity index (χ4n) is 2.32. The molecule has 0 aliphatic rings. The molecule has 2 nitrogen and oxygen atoms in total. The molecule has 1 unspecified atom stereocenters. The van der Waals surface area contributed by atoms with E-state index in [9.17, 15) is 0 Å². The van der Waals surface area contributed by atoms with Crippen LogP contribution in [0.2, 0.25) is 0 Å². The summed E-state index contributed by atoms with van der Waals surface area (Å²) in [5.74, 6) is 0. The normalized spacial score (nSPS) is 12.8. The van der Waals surface area contributed by atoms with E-state index in [0.717, 1.165) is 17.4 Å². The van der Waals surface area contributed by atoms with Crippen molar-refractivity contribution < 1.29 is 0 Å². The van der Waals surface area contributed by atoms with Gasteiger partial charge in [-0.15, -0.1) is 0 Å². The van der Waals surface area contributed by atoms with Crippen LogP contribution in [0, 0.1) is 0 Å². The minimum absolute atomic E-state index is 0.137. The molecule has 0 spiro atoms. The lowest BCUT2D eigenvalue weighted by atomic mass is 10.0. The van der Waals surface area contributed by atoms with Crippen LogP contribution in [0.15, 0.2) is 28.7 Å². The van der Waals surface area contributed by atoms with Crippen LogP contribution < -0.4 is 5.73 Å². The van der Waals surface area contributed by atoms with Gasteiger partial charge in [0.05, 0.1) is 0 Å². The first-order chi connectivity index (χ1) is 9.67. The van der Waals surface area contributed by atoms with E-state index >= 15 is 0 Å². The number of halogens is 1. The molecule has 3 heteroatoms. The summed E-state index contributed by atoms with van der Waals surface area (Å²) in [6, 6.07) is 8.50. The summed E-state index contributed by atoms with van der Waals surface area (Å²) in [5, 5.41) is 0. The van der Waals surface area contributed by atoms with Gasteiger partial charge < -0.3 is 10.6 Å². The molecule has 0 aliphatic carbocycles. The Labute approximate surface area is 132 Å². The minimum atomic E-state index is 0.137. The Kier molecular flexibility index (Phi) is 9.16. The van der Waals surface area contributed by atoms with Gasteiger partial charge in [0.15, 0.2) is 0 Å². The fraction of sp³-hybridized carbons (Fsp3) is 0.647. The molecule has 0 amide bonds. The first kappa shape index (κ1) is 17.7. The monoisotopic (exact) mass is 340 g/mol. The molecule has 1 atom stereocenters. The Hall–Kier alpha value is -0.380. The van der Waals surface area contributed by atoms with Crippen molar-refractivity contribution in [2.75, 3.05) is 19.6 Å². The van der Waals surface area contributed by atoms with Crippen molar-refractivity contribution in [3.63, 3.8) is 0 Å². The van der Waals surface area contributed by atoms with Crippen molar-refractivity contribution in [1.29, 1.82) is 0 Å². The Morgan fingerprint density at radius 3 is 2.30 bits per heavy atom. The van der Waals surface area contributed by atoms with Gasteiger partial charge in [0.2, 0.25) is 0 Å². The largest absolute Gasteiger partial charge is 0.324 e. The molecule has 114 valence electrons. The molecule has 0 aliphatic heterocycles. The van der Waals surface area contributed by atoms with Crippen LogP contribution in [-0.2, 0) is 0 Å². The quantitative estimate of drug-likeness (QED) is 0.666. The average molecular weight is 341 g/mol. The third-order valence-electron chi connectivity index (χ3n) is 3.69. The van der Waals surface area contributed by atoms with E-state index in [4.69, 9.17) is 5.73 Å². The first-order valence-corrected chi connectivity index (χ1v) is 8.70. The van der Waals surface area contributed by atoms with Crippen LogP contribution in [0.1, 0.15) is 57.6 Å². The maximum absolute atomic E-state index is 6.32. The summed E-state index contributed by atoms with van der Waals surface area (Å²) in [4.78, 5) is 2.57. The van der Waals surface area contributed by atoms with E-state index < -0.39 is 0 Å². The predicted molar refractivity (Wildman–Crippen MR) is 91.9 cm³/mol.